The summed E-state index contributed by atoms with van der Waals surface area (Å²) in [5.74, 6) is -1.28. The molecule has 0 N–H and O–H groups in total. The van der Waals surface area contributed by atoms with E-state index in [1.807, 2.05) is 6.92 Å². The van der Waals surface area contributed by atoms with Gasteiger partial charge in [0, 0.05) is 4.48 Å². The summed E-state index contributed by atoms with van der Waals surface area (Å²) < 4.78 is 17.8. The van der Waals surface area contributed by atoms with Crippen LogP contribution >= 0.6 is 15.9 Å². The number of carbonyl (C=O) groups excluding carboxylic acids is 1. The molecule has 0 spiro atoms. The summed E-state index contributed by atoms with van der Waals surface area (Å²) in [6, 6.07) is 0. The Balaban J connectivity index is 5.06. The fraction of sp³-hybridized carbons (Fsp3) is 0.300. The average molecular weight is 263 g/mol. The second-order valence-corrected chi connectivity index (χ2v) is 3.29. The Labute approximate surface area is 91.3 Å². The maximum atomic E-state index is 13.0. The van der Waals surface area contributed by atoms with E-state index in [-0.39, 0.29) is 5.57 Å². The summed E-state index contributed by atoms with van der Waals surface area (Å²) >= 11 is 3.10. The lowest BCUT2D eigenvalue weighted by atomic mass is 10.2. The molecule has 0 saturated heterocycles. The Morgan fingerprint density at radius 1 is 1.50 bits per heavy atom. The number of allylic oxidation sites excluding steroid dienone is 4. The minimum atomic E-state index is -0.697. The smallest absolute Gasteiger partial charge is 0.341 e. The van der Waals surface area contributed by atoms with Gasteiger partial charge < -0.3 is 4.74 Å². The lowest BCUT2D eigenvalue weighted by molar-refractivity contribution is -0.135. The molecule has 0 aromatic carbocycles. The molecule has 0 amide bonds. The van der Waals surface area contributed by atoms with Crippen LogP contribution in [0.4, 0.5) is 4.39 Å². The molecule has 0 bridgehead atoms. The van der Waals surface area contributed by atoms with Gasteiger partial charge in [-0.05, 0) is 35.9 Å². The molecule has 0 saturated carbocycles. The largest absolute Gasteiger partial charge is 0.465 e. The van der Waals surface area contributed by atoms with Gasteiger partial charge in [0.1, 0.15) is 11.4 Å². The van der Waals surface area contributed by atoms with Crippen LogP contribution in [0.25, 0.3) is 0 Å². The van der Waals surface area contributed by atoms with Crippen molar-refractivity contribution in [3.05, 3.63) is 34.1 Å². The van der Waals surface area contributed by atoms with E-state index < -0.39 is 11.8 Å². The molecule has 14 heavy (non-hydrogen) atoms. The van der Waals surface area contributed by atoms with E-state index in [1.54, 1.807) is 18.2 Å². The zero-order valence-corrected chi connectivity index (χ0v) is 9.89. The van der Waals surface area contributed by atoms with Crippen molar-refractivity contribution in [1.82, 2.24) is 0 Å². The van der Waals surface area contributed by atoms with Crippen LogP contribution in [0, 0.1) is 0 Å². The standard InChI is InChI=1S/C10H12BrFO2/c1-4-5-6-8(11)9(7(2)12)10(13)14-3/h4-6H,1-3H3/b5-4+,8-6+,9-7-. The predicted molar refractivity (Wildman–Crippen MR) is 57.6 cm³/mol. The quantitative estimate of drug-likeness (QED) is 0.444. The summed E-state index contributed by atoms with van der Waals surface area (Å²) in [5.41, 5.74) is -0.0920. The molecule has 0 fully saturated rings. The van der Waals surface area contributed by atoms with Crippen LogP contribution in [-0.4, -0.2) is 13.1 Å². The first kappa shape index (κ1) is 13.1. The maximum Gasteiger partial charge on any atom is 0.341 e. The highest BCUT2D eigenvalue weighted by molar-refractivity contribution is 9.12. The Hall–Kier alpha value is -0.900. The Morgan fingerprint density at radius 3 is 2.43 bits per heavy atom. The number of methoxy groups -OCH3 is 1. The van der Waals surface area contributed by atoms with E-state index in [4.69, 9.17) is 0 Å². The summed E-state index contributed by atoms with van der Waals surface area (Å²) in [4.78, 5) is 11.1. The third kappa shape index (κ3) is 3.87. The van der Waals surface area contributed by atoms with Crippen molar-refractivity contribution in [2.45, 2.75) is 13.8 Å². The predicted octanol–water partition coefficient (Wildman–Crippen LogP) is 3.26. The van der Waals surface area contributed by atoms with Crippen molar-refractivity contribution in [3.8, 4) is 0 Å². The van der Waals surface area contributed by atoms with Gasteiger partial charge in [0.25, 0.3) is 0 Å². The SMILES string of the molecule is C/C=C/C=C(Br)\C(C(=O)OC)=C(/C)F. The third-order valence-corrected chi connectivity index (χ3v) is 2.07. The molecule has 2 nitrogen and oxygen atoms in total. The summed E-state index contributed by atoms with van der Waals surface area (Å²) in [6.45, 7) is 3.03. The zero-order chi connectivity index (χ0) is 11.1. The Morgan fingerprint density at radius 2 is 2.07 bits per heavy atom. The van der Waals surface area contributed by atoms with E-state index in [0.29, 0.717) is 4.48 Å². The Kier molecular flexibility index (Phi) is 6.12. The van der Waals surface area contributed by atoms with Crippen LogP contribution < -0.4 is 0 Å². The first-order valence-electron chi connectivity index (χ1n) is 3.98. The number of esters is 1. The molecule has 78 valence electrons. The molecule has 0 aliphatic heterocycles. The third-order valence-electron chi connectivity index (χ3n) is 1.41. The van der Waals surface area contributed by atoms with Crippen molar-refractivity contribution in [3.63, 3.8) is 0 Å². The van der Waals surface area contributed by atoms with Gasteiger partial charge in [-0.15, -0.1) is 0 Å². The second kappa shape index (κ2) is 6.54. The van der Waals surface area contributed by atoms with E-state index in [9.17, 15) is 9.18 Å². The van der Waals surface area contributed by atoms with Crippen LogP contribution in [0.3, 0.4) is 0 Å². The molecule has 0 aromatic heterocycles. The number of hydrogen-bond acceptors (Lipinski definition) is 2. The van der Waals surface area contributed by atoms with E-state index in [2.05, 4.69) is 20.7 Å². The summed E-state index contributed by atoms with van der Waals surface area (Å²) in [7, 11) is 1.21. The lowest BCUT2D eigenvalue weighted by Gasteiger charge is -2.03. The van der Waals surface area contributed by atoms with Crippen molar-refractivity contribution in [1.29, 1.82) is 0 Å². The maximum absolute atomic E-state index is 13.0. The minimum absolute atomic E-state index is 0.0920. The number of ether oxygens (including phenoxy) is 1. The van der Waals surface area contributed by atoms with Gasteiger partial charge in [0.2, 0.25) is 0 Å². The van der Waals surface area contributed by atoms with Crippen LogP contribution in [0.1, 0.15) is 13.8 Å². The van der Waals surface area contributed by atoms with Gasteiger partial charge in [-0.2, -0.15) is 0 Å². The molecule has 0 radical (unpaired) electrons. The number of halogens is 2. The average Bonchev–Trinajstić information content (AvgIpc) is 2.14. The highest BCUT2D eigenvalue weighted by Crippen LogP contribution is 2.22. The van der Waals surface area contributed by atoms with Crippen LogP contribution in [0.15, 0.2) is 34.1 Å². The highest BCUT2D eigenvalue weighted by atomic mass is 79.9. The monoisotopic (exact) mass is 262 g/mol. The van der Waals surface area contributed by atoms with E-state index >= 15 is 0 Å². The first-order chi connectivity index (χ1) is 6.54. The molecular formula is C10H12BrFO2. The Bertz CT molecular complexity index is 299. The number of hydrogen-bond donors (Lipinski definition) is 0. The molecule has 0 aromatic rings. The van der Waals surface area contributed by atoms with Crippen molar-refractivity contribution in [2.24, 2.45) is 0 Å². The van der Waals surface area contributed by atoms with E-state index in [1.165, 1.54) is 14.0 Å². The fourth-order valence-corrected chi connectivity index (χ4v) is 1.36. The fourth-order valence-electron chi connectivity index (χ4n) is 0.769. The molecule has 0 rings (SSSR count). The minimum Gasteiger partial charge on any atom is -0.465 e. The van der Waals surface area contributed by atoms with Gasteiger partial charge in [-0.1, -0.05) is 12.2 Å². The molecule has 0 unspecified atom stereocenters. The number of rotatable bonds is 3. The van der Waals surface area contributed by atoms with Gasteiger partial charge >= 0.3 is 5.97 Å². The van der Waals surface area contributed by atoms with E-state index in [0.717, 1.165) is 0 Å². The molecule has 4 heteroatoms. The van der Waals surface area contributed by atoms with Gasteiger partial charge in [-0.25, -0.2) is 9.18 Å². The first-order valence-corrected chi connectivity index (χ1v) is 4.77. The van der Waals surface area contributed by atoms with Gasteiger partial charge in [0.15, 0.2) is 0 Å². The summed E-state index contributed by atoms with van der Waals surface area (Å²) in [5, 5.41) is 0. The molecule has 0 aliphatic carbocycles. The van der Waals surface area contributed by atoms with Gasteiger partial charge in [0.05, 0.1) is 7.11 Å². The van der Waals surface area contributed by atoms with Crippen molar-refractivity contribution < 1.29 is 13.9 Å². The normalized spacial score (nSPS) is 14.2. The summed E-state index contributed by atoms with van der Waals surface area (Å²) in [6.07, 6.45) is 5.04. The second-order valence-electron chi connectivity index (χ2n) is 2.44. The molecule has 0 atom stereocenters. The number of carbonyl (C=O) groups is 1. The molecule has 0 heterocycles. The topological polar surface area (TPSA) is 26.3 Å². The van der Waals surface area contributed by atoms with Crippen LogP contribution in [0.2, 0.25) is 0 Å². The zero-order valence-electron chi connectivity index (χ0n) is 8.30. The molecule has 0 aliphatic rings. The van der Waals surface area contributed by atoms with Crippen molar-refractivity contribution in [2.75, 3.05) is 7.11 Å². The van der Waals surface area contributed by atoms with Crippen molar-refractivity contribution >= 4 is 21.9 Å². The van der Waals surface area contributed by atoms with Crippen LogP contribution in [-0.2, 0) is 9.53 Å². The highest BCUT2D eigenvalue weighted by Gasteiger charge is 2.16. The lowest BCUT2D eigenvalue weighted by Crippen LogP contribution is -2.06. The van der Waals surface area contributed by atoms with Gasteiger partial charge in [-0.3, -0.25) is 0 Å². The molecular weight excluding hydrogens is 251 g/mol. The van der Waals surface area contributed by atoms with Crippen LogP contribution in [0.5, 0.6) is 0 Å².